The molecule has 0 amide bonds. The van der Waals surface area contributed by atoms with Gasteiger partial charge in [0.1, 0.15) is 5.65 Å². The molecule has 0 atom stereocenters. The Morgan fingerprint density at radius 1 is 1.42 bits per heavy atom. The van der Waals surface area contributed by atoms with E-state index >= 15 is 0 Å². The molecule has 0 aromatic carbocycles. The highest BCUT2D eigenvalue weighted by Crippen LogP contribution is 2.07. The van der Waals surface area contributed by atoms with Gasteiger partial charge in [0.05, 0.1) is 17.8 Å². The van der Waals surface area contributed by atoms with E-state index < -0.39 is 0 Å². The van der Waals surface area contributed by atoms with Gasteiger partial charge in [-0.3, -0.25) is 0 Å². The van der Waals surface area contributed by atoms with Crippen molar-refractivity contribution in [2.75, 3.05) is 0 Å². The first-order chi connectivity index (χ1) is 5.42. The summed E-state index contributed by atoms with van der Waals surface area (Å²) >= 11 is 5.69. The van der Waals surface area contributed by atoms with Gasteiger partial charge in [-0.1, -0.05) is 6.07 Å². The molecule has 0 aliphatic carbocycles. The summed E-state index contributed by atoms with van der Waals surface area (Å²) in [7, 11) is 0. The number of nitrogens with zero attached hydrogens (tertiary/aromatic N) is 2. The molecule has 2 heterocycles. The summed E-state index contributed by atoms with van der Waals surface area (Å²) in [5, 5.41) is 0. The van der Waals surface area contributed by atoms with E-state index in [-0.39, 0.29) is 12.4 Å². The summed E-state index contributed by atoms with van der Waals surface area (Å²) in [6, 6.07) is 5.88. The number of fused-ring (bicyclic) bond motifs is 1. The van der Waals surface area contributed by atoms with Crippen molar-refractivity contribution in [1.82, 2.24) is 9.38 Å². The van der Waals surface area contributed by atoms with Crippen molar-refractivity contribution in [2.24, 2.45) is 0 Å². The van der Waals surface area contributed by atoms with Crippen LogP contribution in [0.2, 0.25) is 0 Å². The van der Waals surface area contributed by atoms with Gasteiger partial charge in [-0.2, -0.15) is 0 Å². The summed E-state index contributed by atoms with van der Waals surface area (Å²) in [5.41, 5.74) is 1.98. The van der Waals surface area contributed by atoms with Crippen molar-refractivity contribution in [3.63, 3.8) is 0 Å². The van der Waals surface area contributed by atoms with Gasteiger partial charge >= 0.3 is 0 Å². The van der Waals surface area contributed by atoms with E-state index in [4.69, 9.17) is 11.6 Å². The Hall–Kier alpha value is -0.730. The minimum absolute atomic E-state index is 0. The van der Waals surface area contributed by atoms with Gasteiger partial charge in [0, 0.05) is 6.20 Å². The predicted octanol–water partition coefficient (Wildman–Crippen LogP) is 2.49. The first-order valence-electron chi connectivity index (χ1n) is 3.39. The summed E-state index contributed by atoms with van der Waals surface area (Å²) in [6.45, 7) is 0. The Morgan fingerprint density at radius 2 is 2.25 bits per heavy atom. The van der Waals surface area contributed by atoms with Crippen LogP contribution in [0.25, 0.3) is 5.65 Å². The summed E-state index contributed by atoms with van der Waals surface area (Å²) < 4.78 is 1.98. The van der Waals surface area contributed by atoms with E-state index in [1.54, 1.807) is 6.20 Å². The molecule has 0 saturated carbocycles. The number of hydrogen-bond donors (Lipinski definition) is 0. The number of hydrogen-bond acceptors (Lipinski definition) is 1. The van der Waals surface area contributed by atoms with Crippen LogP contribution in [0.15, 0.2) is 30.6 Å². The van der Waals surface area contributed by atoms with Crippen molar-refractivity contribution in [2.45, 2.75) is 5.88 Å². The predicted molar refractivity (Wildman–Crippen MR) is 52.0 cm³/mol. The van der Waals surface area contributed by atoms with Gasteiger partial charge < -0.3 is 4.40 Å². The van der Waals surface area contributed by atoms with Crippen molar-refractivity contribution >= 4 is 29.7 Å². The van der Waals surface area contributed by atoms with Crippen molar-refractivity contribution in [1.29, 1.82) is 0 Å². The maximum Gasteiger partial charge on any atom is 0.136 e. The molecule has 2 aromatic heterocycles. The normalized spacial score (nSPS) is 9.75. The second-order valence-electron chi connectivity index (χ2n) is 2.31. The molecule has 0 saturated heterocycles. The van der Waals surface area contributed by atoms with Crippen LogP contribution >= 0.6 is 24.0 Å². The average Bonchev–Trinajstić information content (AvgIpc) is 2.47. The molecule has 64 valence electrons. The molecule has 0 bridgehead atoms. The van der Waals surface area contributed by atoms with Crippen LogP contribution in [0.1, 0.15) is 5.69 Å². The fraction of sp³-hybridized carbons (Fsp3) is 0.125. The summed E-state index contributed by atoms with van der Waals surface area (Å²) in [6.07, 6.45) is 3.75. The van der Waals surface area contributed by atoms with Crippen LogP contribution in [0.5, 0.6) is 0 Å². The zero-order valence-electron chi connectivity index (χ0n) is 6.27. The average molecular weight is 203 g/mol. The second-order valence-corrected chi connectivity index (χ2v) is 2.58. The van der Waals surface area contributed by atoms with Crippen molar-refractivity contribution in [3.05, 3.63) is 36.3 Å². The molecule has 2 rings (SSSR count). The third kappa shape index (κ3) is 1.40. The Balaban J connectivity index is 0.000000720. The van der Waals surface area contributed by atoms with Crippen LogP contribution in [0.4, 0.5) is 0 Å². The maximum atomic E-state index is 5.69. The number of pyridine rings is 1. The fourth-order valence-corrected chi connectivity index (χ4v) is 1.28. The third-order valence-electron chi connectivity index (χ3n) is 1.63. The molecule has 0 fully saturated rings. The lowest BCUT2D eigenvalue weighted by Gasteiger charge is -1.94. The Bertz CT molecular complexity index is 370. The van der Waals surface area contributed by atoms with Crippen molar-refractivity contribution < 1.29 is 0 Å². The zero-order valence-corrected chi connectivity index (χ0v) is 7.85. The second kappa shape index (κ2) is 3.78. The number of imidazole rings is 1. The van der Waals surface area contributed by atoms with E-state index in [2.05, 4.69) is 4.98 Å². The lowest BCUT2D eigenvalue weighted by molar-refractivity contribution is 1.09. The molecule has 4 heteroatoms. The third-order valence-corrected chi connectivity index (χ3v) is 1.90. The molecular formula is C8H8Cl2N2. The number of halogens is 2. The molecule has 12 heavy (non-hydrogen) atoms. The first-order valence-corrected chi connectivity index (χ1v) is 3.92. The molecule has 0 spiro atoms. The SMILES string of the molecule is Cl.ClCc1cnc2ccccn12. The topological polar surface area (TPSA) is 17.3 Å². The summed E-state index contributed by atoms with van der Waals surface area (Å²) in [4.78, 5) is 4.17. The van der Waals surface area contributed by atoms with Gasteiger partial charge in [0.15, 0.2) is 0 Å². The standard InChI is InChI=1S/C8H7ClN2.ClH/c9-5-7-6-10-8-3-1-2-4-11(7)8;/h1-4,6H,5H2;1H. The van der Waals surface area contributed by atoms with Crippen LogP contribution in [0, 0.1) is 0 Å². The minimum Gasteiger partial charge on any atom is -0.303 e. The lowest BCUT2D eigenvalue weighted by Crippen LogP contribution is -1.86. The molecule has 0 unspecified atom stereocenters. The Labute approximate surface area is 81.6 Å². The number of alkyl halides is 1. The first kappa shape index (κ1) is 9.36. The highest BCUT2D eigenvalue weighted by molar-refractivity contribution is 6.16. The van der Waals surface area contributed by atoms with E-state index in [0.29, 0.717) is 5.88 Å². The van der Waals surface area contributed by atoms with Gasteiger partial charge in [-0.05, 0) is 12.1 Å². The maximum absolute atomic E-state index is 5.69. The van der Waals surface area contributed by atoms with E-state index in [9.17, 15) is 0 Å². The van der Waals surface area contributed by atoms with Crippen LogP contribution < -0.4 is 0 Å². The molecule has 2 aromatic rings. The van der Waals surface area contributed by atoms with Crippen LogP contribution in [0.3, 0.4) is 0 Å². The molecular weight excluding hydrogens is 195 g/mol. The molecule has 0 aliphatic rings. The lowest BCUT2D eigenvalue weighted by atomic mass is 10.4. The number of aromatic nitrogens is 2. The van der Waals surface area contributed by atoms with E-state index in [1.165, 1.54) is 0 Å². The number of rotatable bonds is 1. The van der Waals surface area contributed by atoms with Crippen LogP contribution in [-0.2, 0) is 5.88 Å². The Kier molecular flexibility index (Phi) is 2.95. The van der Waals surface area contributed by atoms with Crippen molar-refractivity contribution in [3.8, 4) is 0 Å². The summed E-state index contributed by atoms with van der Waals surface area (Å²) in [5.74, 6) is 0.505. The highest BCUT2D eigenvalue weighted by atomic mass is 35.5. The largest absolute Gasteiger partial charge is 0.303 e. The highest BCUT2D eigenvalue weighted by Gasteiger charge is 1.98. The van der Waals surface area contributed by atoms with Gasteiger partial charge in [-0.15, -0.1) is 24.0 Å². The molecule has 0 aliphatic heterocycles. The fourth-order valence-electron chi connectivity index (χ4n) is 1.08. The van der Waals surface area contributed by atoms with Gasteiger partial charge in [0.2, 0.25) is 0 Å². The monoisotopic (exact) mass is 202 g/mol. The van der Waals surface area contributed by atoms with Crippen LogP contribution in [-0.4, -0.2) is 9.38 Å². The van der Waals surface area contributed by atoms with E-state index in [0.717, 1.165) is 11.3 Å². The molecule has 0 radical (unpaired) electrons. The molecule has 2 nitrogen and oxygen atoms in total. The van der Waals surface area contributed by atoms with E-state index in [1.807, 2.05) is 28.8 Å². The Morgan fingerprint density at radius 3 is 3.00 bits per heavy atom. The quantitative estimate of drug-likeness (QED) is 0.651. The van der Waals surface area contributed by atoms with Gasteiger partial charge in [0.25, 0.3) is 0 Å². The smallest absolute Gasteiger partial charge is 0.136 e. The minimum atomic E-state index is 0. The zero-order chi connectivity index (χ0) is 7.68. The molecule has 0 N–H and O–H groups in total. The van der Waals surface area contributed by atoms with Gasteiger partial charge in [-0.25, -0.2) is 4.98 Å².